The molecule has 0 bridgehead atoms. The Morgan fingerprint density at radius 2 is 2.00 bits per heavy atom. The molecule has 0 aromatic carbocycles. The van der Waals surface area contributed by atoms with Gasteiger partial charge in [-0.2, -0.15) is 0 Å². The lowest BCUT2D eigenvalue weighted by Crippen LogP contribution is -2.25. The van der Waals surface area contributed by atoms with Crippen LogP contribution < -0.4 is 0 Å². The summed E-state index contributed by atoms with van der Waals surface area (Å²) in [7, 11) is 0. The summed E-state index contributed by atoms with van der Waals surface area (Å²) in [6.45, 7) is 5.94. The van der Waals surface area contributed by atoms with Crippen LogP contribution in [0.2, 0.25) is 0 Å². The van der Waals surface area contributed by atoms with Gasteiger partial charge in [0.15, 0.2) is 0 Å². The molecular formula is C12H22O. The Hall–Kier alpha value is -0.300. The third-order valence-electron chi connectivity index (χ3n) is 3.42. The maximum atomic E-state index is 9.76. The van der Waals surface area contributed by atoms with E-state index in [4.69, 9.17) is 0 Å². The van der Waals surface area contributed by atoms with Gasteiger partial charge in [-0.25, -0.2) is 0 Å². The van der Waals surface area contributed by atoms with Crippen LogP contribution in [0.3, 0.4) is 0 Å². The fourth-order valence-corrected chi connectivity index (χ4v) is 2.34. The van der Waals surface area contributed by atoms with Crippen molar-refractivity contribution in [3.8, 4) is 0 Å². The van der Waals surface area contributed by atoms with E-state index in [2.05, 4.69) is 13.5 Å². The van der Waals surface area contributed by atoms with Crippen LogP contribution in [0.1, 0.15) is 45.4 Å². The third-order valence-corrected chi connectivity index (χ3v) is 3.42. The van der Waals surface area contributed by atoms with E-state index in [-0.39, 0.29) is 6.10 Å². The lowest BCUT2D eigenvalue weighted by atomic mass is 9.78. The highest BCUT2D eigenvalue weighted by Crippen LogP contribution is 2.33. The average Bonchev–Trinajstić information content (AvgIpc) is 2.18. The first-order valence-corrected chi connectivity index (χ1v) is 5.56. The van der Waals surface area contributed by atoms with Crippen molar-refractivity contribution in [2.45, 2.75) is 51.6 Å². The van der Waals surface area contributed by atoms with E-state index in [1.165, 1.54) is 32.1 Å². The summed E-state index contributed by atoms with van der Waals surface area (Å²) in [5, 5.41) is 9.76. The molecule has 1 atom stereocenters. The molecule has 1 fully saturated rings. The van der Waals surface area contributed by atoms with Crippen LogP contribution in [0.4, 0.5) is 0 Å². The first-order valence-electron chi connectivity index (χ1n) is 5.56. The molecular weight excluding hydrogens is 160 g/mol. The summed E-state index contributed by atoms with van der Waals surface area (Å²) in [6, 6.07) is 0. The van der Waals surface area contributed by atoms with Gasteiger partial charge in [0.05, 0.1) is 6.10 Å². The Morgan fingerprint density at radius 1 is 1.38 bits per heavy atom. The van der Waals surface area contributed by atoms with Crippen molar-refractivity contribution in [2.75, 3.05) is 0 Å². The molecule has 0 aromatic heterocycles. The normalized spacial score (nSPS) is 31.2. The molecule has 1 saturated carbocycles. The molecule has 0 radical (unpaired) electrons. The van der Waals surface area contributed by atoms with E-state index < -0.39 is 0 Å². The Morgan fingerprint density at radius 3 is 2.46 bits per heavy atom. The molecule has 0 saturated heterocycles. The van der Waals surface area contributed by atoms with Crippen molar-refractivity contribution in [1.82, 2.24) is 0 Å². The second-order valence-electron chi connectivity index (χ2n) is 4.28. The van der Waals surface area contributed by atoms with E-state index in [1.807, 2.05) is 6.08 Å². The van der Waals surface area contributed by atoms with Crippen molar-refractivity contribution in [3.63, 3.8) is 0 Å². The van der Waals surface area contributed by atoms with Crippen LogP contribution in [0, 0.1) is 11.8 Å². The summed E-state index contributed by atoms with van der Waals surface area (Å²) in [5.74, 6) is 1.47. The molecule has 1 rings (SSSR count). The molecule has 13 heavy (non-hydrogen) atoms. The molecule has 0 amide bonds. The zero-order valence-corrected chi connectivity index (χ0v) is 8.71. The molecule has 1 aliphatic carbocycles. The van der Waals surface area contributed by atoms with Gasteiger partial charge < -0.3 is 5.11 Å². The second kappa shape index (κ2) is 5.43. The van der Waals surface area contributed by atoms with Gasteiger partial charge in [0, 0.05) is 0 Å². The monoisotopic (exact) mass is 182 g/mol. The van der Waals surface area contributed by atoms with Gasteiger partial charge in [-0.1, -0.05) is 32.3 Å². The molecule has 0 aromatic rings. The van der Waals surface area contributed by atoms with Gasteiger partial charge in [0.2, 0.25) is 0 Å². The Kier molecular flexibility index (Phi) is 4.51. The van der Waals surface area contributed by atoms with Gasteiger partial charge in [-0.3, -0.25) is 0 Å². The Labute approximate surface area is 81.9 Å². The van der Waals surface area contributed by atoms with Crippen molar-refractivity contribution >= 4 is 0 Å². The van der Waals surface area contributed by atoms with E-state index in [0.29, 0.717) is 5.92 Å². The van der Waals surface area contributed by atoms with Crippen LogP contribution >= 0.6 is 0 Å². The largest absolute Gasteiger partial charge is 0.393 e. The molecule has 1 nitrogen and oxygen atoms in total. The zero-order chi connectivity index (χ0) is 9.68. The summed E-state index contributed by atoms with van der Waals surface area (Å²) in [6.07, 6.45) is 8.84. The summed E-state index contributed by atoms with van der Waals surface area (Å²) in [5.41, 5.74) is 0. The Bertz CT molecular complexity index is 145. The van der Waals surface area contributed by atoms with Gasteiger partial charge in [-0.05, 0) is 31.1 Å². The summed E-state index contributed by atoms with van der Waals surface area (Å²) >= 11 is 0. The molecule has 1 N–H and O–H groups in total. The minimum atomic E-state index is -0.129. The fourth-order valence-electron chi connectivity index (χ4n) is 2.34. The predicted octanol–water partition coefficient (Wildman–Crippen LogP) is 3.14. The standard InChI is InChI=1S/C12H22O/c1-3-5-12(13)11-8-6-10(4-2)7-9-11/h3,10-13H,1,4-9H2,2H3. The molecule has 1 aliphatic rings. The van der Waals surface area contributed by atoms with Crippen LogP contribution in [0.5, 0.6) is 0 Å². The molecule has 76 valence electrons. The van der Waals surface area contributed by atoms with Gasteiger partial charge in [-0.15, -0.1) is 6.58 Å². The van der Waals surface area contributed by atoms with Crippen LogP contribution in [0.15, 0.2) is 12.7 Å². The lowest BCUT2D eigenvalue weighted by molar-refractivity contribution is 0.0756. The molecule has 0 spiro atoms. The summed E-state index contributed by atoms with van der Waals surface area (Å²) in [4.78, 5) is 0. The number of aliphatic hydroxyl groups is 1. The third kappa shape index (κ3) is 3.15. The van der Waals surface area contributed by atoms with Crippen molar-refractivity contribution in [2.24, 2.45) is 11.8 Å². The van der Waals surface area contributed by atoms with Crippen LogP contribution in [-0.2, 0) is 0 Å². The number of aliphatic hydroxyl groups excluding tert-OH is 1. The maximum Gasteiger partial charge on any atom is 0.0602 e. The number of hydrogen-bond donors (Lipinski definition) is 1. The number of rotatable bonds is 4. The highest BCUT2D eigenvalue weighted by Gasteiger charge is 2.24. The summed E-state index contributed by atoms with van der Waals surface area (Å²) < 4.78 is 0. The lowest BCUT2D eigenvalue weighted by Gasteiger charge is -2.30. The molecule has 1 heteroatoms. The van der Waals surface area contributed by atoms with Gasteiger partial charge in [0.25, 0.3) is 0 Å². The van der Waals surface area contributed by atoms with Gasteiger partial charge >= 0.3 is 0 Å². The van der Waals surface area contributed by atoms with Crippen molar-refractivity contribution in [3.05, 3.63) is 12.7 Å². The molecule has 0 heterocycles. The minimum Gasteiger partial charge on any atom is -0.393 e. The highest BCUT2D eigenvalue weighted by molar-refractivity contribution is 4.81. The zero-order valence-electron chi connectivity index (χ0n) is 8.71. The van der Waals surface area contributed by atoms with E-state index in [0.717, 1.165) is 12.3 Å². The van der Waals surface area contributed by atoms with Crippen molar-refractivity contribution < 1.29 is 5.11 Å². The minimum absolute atomic E-state index is 0.129. The van der Waals surface area contributed by atoms with Crippen LogP contribution in [0.25, 0.3) is 0 Å². The quantitative estimate of drug-likeness (QED) is 0.662. The van der Waals surface area contributed by atoms with E-state index >= 15 is 0 Å². The second-order valence-corrected chi connectivity index (χ2v) is 4.28. The predicted molar refractivity (Wildman–Crippen MR) is 56.6 cm³/mol. The number of hydrogen-bond acceptors (Lipinski definition) is 1. The SMILES string of the molecule is C=CCC(O)C1CCC(CC)CC1. The fraction of sp³-hybridized carbons (Fsp3) is 0.833. The first-order chi connectivity index (χ1) is 6.27. The molecule has 1 unspecified atom stereocenters. The molecule has 0 aliphatic heterocycles. The Balaban J connectivity index is 2.27. The van der Waals surface area contributed by atoms with E-state index in [9.17, 15) is 5.11 Å². The maximum absolute atomic E-state index is 9.76. The topological polar surface area (TPSA) is 20.2 Å². The smallest absolute Gasteiger partial charge is 0.0602 e. The first kappa shape index (κ1) is 10.8. The highest BCUT2D eigenvalue weighted by atomic mass is 16.3. The van der Waals surface area contributed by atoms with Crippen LogP contribution in [-0.4, -0.2) is 11.2 Å². The van der Waals surface area contributed by atoms with Gasteiger partial charge in [0.1, 0.15) is 0 Å². The van der Waals surface area contributed by atoms with Crippen molar-refractivity contribution in [1.29, 1.82) is 0 Å². The average molecular weight is 182 g/mol. The van der Waals surface area contributed by atoms with E-state index in [1.54, 1.807) is 0 Å².